The van der Waals surface area contributed by atoms with Gasteiger partial charge in [0.15, 0.2) is 5.78 Å². The molecule has 0 spiro atoms. The first kappa shape index (κ1) is 37.9. The van der Waals surface area contributed by atoms with Crippen LogP contribution in [-0.4, -0.2) is 20.9 Å². The Morgan fingerprint density at radius 2 is 1.62 bits per heavy atom. The van der Waals surface area contributed by atoms with E-state index in [1.54, 1.807) is 29.0 Å². The molecule has 0 aliphatic carbocycles. The number of hydrogen-bond donors (Lipinski definition) is 1. The van der Waals surface area contributed by atoms with Gasteiger partial charge in [-0.05, 0) is 71.2 Å². The summed E-state index contributed by atoms with van der Waals surface area (Å²) < 4.78 is 8.20. The molecule has 0 amide bonds. The van der Waals surface area contributed by atoms with Crippen LogP contribution >= 0.6 is 22.7 Å². The van der Waals surface area contributed by atoms with Crippen LogP contribution < -0.4 is 0 Å². The maximum atomic E-state index is 12.2. The number of furan rings is 1. The molecule has 0 aliphatic rings. The van der Waals surface area contributed by atoms with Crippen LogP contribution in [-0.2, 0) is 30.3 Å². The van der Waals surface area contributed by atoms with Gasteiger partial charge in [-0.1, -0.05) is 73.4 Å². The Morgan fingerprint density at radius 3 is 2.25 bits per heavy atom. The van der Waals surface area contributed by atoms with E-state index in [0.717, 1.165) is 69.1 Å². The van der Waals surface area contributed by atoms with E-state index in [-0.39, 0.29) is 47.9 Å². The minimum atomic E-state index is -0.337. The van der Waals surface area contributed by atoms with Crippen LogP contribution in [0.3, 0.4) is 0 Å². The summed E-state index contributed by atoms with van der Waals surface area (Å²) in [7, 11) is 0. The first-order chi connectivity index (χ1) is 22.2. The Morgan fingerprint density at radius 1 is 0.958 bits per heavy atom. The average Bonchev–Trinajstić information content (AvgIpc) is 3.78. The smallest absolute Gasteiger partial charge is 0.164 e. The predicted molar refractivity (Wildman–Crippen MR) is 201 cm³/mol. The summed E-state index contributed by atoms with van der Waals surface area (Å²) in [6, 6.07) is 12.4. The number of allylic oxidation sites excluding steroid dienone is 2. The van der Waals surface area contributed by atoms with Crippen molar-refractivity contribution in [1.29, 1.82) is 0 Å². The fourth-order valence-corrected chi connectivity index (χ4v) is 7.97. The molecular formula is C40H47IrN2O3S2-. The summed E-state index contributed by atoms with van der Waals surface area (Å²) in [5.74, 6) is 0.286. The molecule has 48 heavy (non-hydrogen) atoms. The number of fused-ring (bicyclic) bond motifs is 5. The van der Waals surface area contributed by atoms with Crippen LogP contribution in [0.1, 0.15) is 99.1 Å². The van der Waals surface area contributed by atoms with E-state index in [0.29, 0.717) is 0 Å². The topological polar surface area (TPSA) is 76.2 Å². The molecule has 1 radical (unpaired) electrons. The van der Waals surface area contributed by atoms with Crippen molar-refractivity contribution < 1.29 is 34.4 Å². The third kappa shape index (κ3) is 7.05. The quantitative estimate of drug-likeness (QED) is 0.0937. The van der Waals surface area contributed by atoms with Crippen molar-refractivity contribution in [2.75, 3.05) is 0 Å². The van der Waals surface area contributed by atoms with E-state index in [1.807, 2.05) is 47.8 Å². The third-order valence-electron chi connectivity index (χ3n) is 10.3. The molecule has 2 aromatic carbocycles. The molecule has 0 saturated carbocycles. The Labute approximate surface area is 306 Å². The molecule has 0 aliphatic heterocycles. The molecule has 4 heterocycles. The molecule has 6 aromatic rings. The molecule has 1 N–H and O–H groups in total. The van der Waals surface area contributed by atoms with Gasteiger partial charge in [-0.25, -0.2) is 4.98 Å². The maximum absolute atomic E-state index is 12.2. The molecular weight excluding hydrogens is 813 g/mol. The van der Waals surface area contributed by atoms with Crippen molar-refractivity contribution in [2.45, 2.75) is 100 Å². The van der Waals surface area contributed by atoms with E-state index in [9.17, 15) is 9.90 Å². The second kappa shape index (κ2) is 14.5. The standard InChI is InChI=1S/C25H19N2OS2.C15H28O2.Ir/c1-13-11-28-19-10-20-17(9-16(13)19)21-22(26-12-27-24(21)30-20)15-7-14-5-6-29-23(14)18(8-15)25(2,3)4;1-7-14(5,8-2)12(16)11-13(17)15(6,9-3)10-4;/h5-6,8-12H,1-4H3;11,16H,7-10H2,1-6H3;/q-1;;/b;12-11-;. The zero-order valence-corrected chi connectivity index (χ0v) is 33.8. The number of hydrogen-bond acceptors (Lipinski definition) is 7. The molecule has 0 saturated heterocycles. The number of aliphatic hydroxyl groups excluding tert-OH is 1. The maximum Gasteiger partial charge on any atom is 0.164 e. The molecule has 0 fully saturated rings. The number of carbonyl (C=O) groups excluding carboxylic acids is 1. The minimum absolute atomic E-state index is 0. The Hall–Kier alpha value is -2.90. The van der Waals surface area contributed by atoms with E-state index < -0.39 is 0 Å². The van der Waals surface area contributed by atoms with Gasteiger partial charge in [0, 0.05) is 58.2 Å². The largest absolute Gasteiger partial charge is 0.512 e. The zero-order chi connectivity index (χ0) is 34.3. The van der Waals surface area contributed by atoms with Crippen LogP contribution in [0.25, 0.3) is 52.6 Å². The van der Waals surface area contributed by atoms with Gasteiger partial charge in [0.1, 0.15) is 22.5 Å². The molecule has 8 heteroatoms. The van der Waals surface area contributed by atoms with Gasteiger partial charge >= 0.3 is 0 Å². The van der Waals surface area contributed by atoms with E-state index in [2.05, 4.69) is 68.4 Å². The second-order valence-corrected chi connectivity index (χ2v) is 16.2. The van der Waals surface area contributed by atoms with Gasteiger partial charge in [0.2, 0.25) is 0 Å². The number of aryl methyl sites for hydroxylation is 1. The first-order valence-corrected chi connectivity index (χ1v) is 18.3. The van der Waals surface area contributed by atoms with Crippen LogP contribution in [0.5, 0.6) is 0 Å². The summed E-state index contributed by atoms with van der Waals surface area (Å²) in [5.41, 5.74) is 4.81. The van der Waals surface area contributed by atoms with Crippen LogP contribution in [0.4, 0.5) is 0 Å². The number of ketones is 1. The van der Waals surface area contributed by atoms with E-state index in [4.69, 9.17) is 9.40 Å². The predicted octanol–water partition coefficient (Wildman–Crippen LogP) is 12.5. The number of aromatic nitrogens is 2. The number of thiophene rings is 2. The minimum Gasteiger partial charge on any atom is -0.512 e. The molecule has 0 bridgehead atoms. The SMILES string of the molecule is CCC(C)(CC)C(=O)/C=C(\O)C(C)(CC)CC.Cc1coc2cc3sc4ncnc(-c5[c-]c6ccsc6c(C(C)(C)C)c5)c4c3cc12.[Ir]. The van der Waals surface area contributed by atoms with Crippen molar-refractivity contribution in [1.82, 2.24) is 9.97 Å². The van der Waals surface area contributed by atoms with Crippen molar-refractivity contribution in [3.63, 3.8) is 0 Å². The second-order valence-electron chi connectivity index (χ2n) is 14.2. The average molecular weight is 860 g/mol. The van der Waals surface area contributed by atoms with Crippen molar-refractivity contribution in [2.24, 2.45) is 10.8 Å². The normalized spacial score (nSPS) is 12.8. The van der Waals surface area contributed by atoms with Crippen molar-refractivity contribution in [3.8, 4) is 11.3 Å². The van der Waals surface area contributed by atoms with Gasteiger partial charge < -0.3 is 9.52 Å². The van der Waals surface area contributed by atoms with Gasteiger partial charge in [-0.15, -0.1) is 34.9 Å². The molecule has 4 aromatic heterocycles. The van der Waals surface area contributed by atoms with E-state index >= 15 is 0 Å². The van der Waals surface area contributed by atoms with Gasteiger partial charge in [-0.2, -0.15) is 11.3 Å². The molecule has 0 atom stereocenters. The number of carbonyl (C=O) groups is 1. The van der Waals surface area contributed by atoms with Crippen molar-refractivity contribution in [3.05, 3.63) is 71.3 Å². The van der Waals surface area contributed by atoms with Crippen molar-refractivity contribution >= 4 is 69.8 Å². The van der Waals surface area contributed by atoms with E-state index in [1.165, 1.54) is 26.4 Å². The number of benzene rings is 2. The van der Waals surface area contributed by atoms with Crippen LogP contribution in [0, 0.1) is 23.8 Å². The summed E-state index contributed by atoms with van der Waals surface area (Å²) in [6.45, 7) is 21.0. The molecule has 0 unspecified atom stereocenters. The molecule has 6 rings (SSSR count). The monoisotopic (exact) mass is 860 g/mol. The van der Waals surface area contributed by atoms with Crippen LogP contribution in [0.2, 0.25) is 0 Å². The van der Waals surface area contributed by atoms with Gasteiger partial charge in [0.25, 0.3) is 0 Å². The summed E-state index contributed by atoms with van der Waals surface area (Å²) >= 11 is 3.47. The number of nitrogens with zero attached hydrogens (tertiary/aromatic N) is 2. The first-order valence-electron chi connectivity index (χ1n) is 16.6. The van der Waals surface area contributed by atoms with Gasteiger partial charge in [0.05, 0.1) is 6.26 Å². The number of aliphatic hydroxyl groups is 1. The molecule has 257 valence electrons. The third-order valence-corrected chi connectivity index (χ3v) is 12.3. The zero-order valence-electron chi connectivity index (χ0n) is 29.8. The fourth-order valence-electron chi connectivity index (χ4n) is 5.84. The summed E-state index contributed by atoms with van der Waals surface area (Å²) in [5, 5.41) is 16.9. The Bertz CT molecular complexity index is 2100. The Balaban J connectivity index is 0.000000251. The summed E-state index contributed by atoms with van der Waals surface area (Å²) in [4.78, 5) is 22.5. The fraction of sp³-hybridized carbons (Fsp3) is 0.425. The van der Waals surface area contributed by atoms with Gasteiger partial charge in [-0.3, -0.25) is 9.78 Å². The Kier molecular flexibility index (Phi) is 11.5. The number of rotatable bonds is 8. The molecule has 5 nitrogen and oxygen atoms in total. The van der Waals surface area contributed by atoms with Crippen LogP contribution in [0.15, 0.2) is 58.5 Å². The summed E-state index contributed by atoms with van der Waals surface area (Å²) in [6.07, 6.45) is 8.25.